The van der Waals surface area contributed by atoms with Crippen molar-refractivity contribution in [2.45, 2.75) is 33.7 Å². The summed E-state index contributed by atoms with van der Waals surface area (Å²) in [4.78, 5) is 24.4. The average Bonchev–Trinajstić information content (AvgIpc) is 2.97. The van der Waals surface area contributed by atoms with E-state index < -0.39 is 24.2 Å². The van der Waals surface area contributed by atoms with Crippen LogP contribution in [0, 0.1) is 31.0 Å². The van der Waals surface area contributed by atoms with E-state index in [4.69, 9.17) is 9.47 Å². The Labute approximate surface area is 169 Å². The number of nitrogens with zero attached hydrogens (tertiary/aromatic N) is 2. The minimum Gasteiger partial charge on any atom is -0.494 e. The molecule has 0 radical (unpaired) electrons. The molecule has 1 heterocycles. The van der Waals surface area contributed by atoms with Gasteiger partial charge in [0.25, 0.3) is 0 Å². The Kier molecular flexibility index (Phi) is 7.32. The molecule has 6 nitrogen and oxygen atoms in total. The number of methoxy groups -OCH3 is 1. The van der Waals surface area contributed by atoms with Gasteiger partial charge in [-0.25, -0.2) is 9.18 Å². The summed E-state index contributed by atoms with van der Waals surface area (Å²) in [6.45, 7) is 6.18. The van der Waals surface area contributed by atoms with Crippen molar-refractivity contribution >= 4 is 17.8 Å². The first kappa shape index (κ1) is 21.9. The van der Waals surface area contributed by atoms with Crippen LogP contribution in [0.25, 0.3) is 6.08 Å². The molecule has 7 heteroatoms. The molecule has 152 valence electrons. The zero-order chi connectivity index (χ0) is 21.6. The highest BCUT2D eigenvalue weighted by Gasteiger charge is 2.17. The van der Waals surface area contributed by atoms with Crippen LogP contribution in [0.5, 0.6) is 5.75 Å². The van der Waals surface area contributed by atoms with Gasteiger partial charge in [0.2, 0.25) is 0 Å². The lowest BCUT2D eigenvalue weighted by Gasteiger charge is -2.07. The molecule has 1 aromatic heterocycles. The van der Waals surface area contributed by atoms with Gasteiger partial charge in [0.1, 0.15) is 11.6 Å². The van der Waals surface area contributed by atoms with Gasteiger partial charge in [-0.05, 0) is 56.2 Å². The van der Waals surface area contributed by atoms with Crippen molar-refractivity contribution in [2.24, 2.45) is 0 Å². The number of Topliss-reactive ketones (excluding diaryl/α,β-unsaturated/α-hetero) is 1. The van der Waals surface area contributed by atoms with E-state index in [9.17, 15) is 19.2 Å². The number of hydrogen-bond donors (Lipinski definition) is 0. The molecule has 0 fully saturated rings. The molecule has 0 aliphatic carbocycles. The van der Waals surface area contributed by atoms with Crippen LogP contribution in [0.1, 0.15) is 40.7 Å². The first-order valence-electron chi connectivity index (χ1n) is 9.14. The maximum absolute atomic E-state index is 13.7. The third-order valence-corrected chi connectivity index (χ3v) is 4.51. The first-order chi connectivity index (χ1) is 13.8. The Bertz CT molecular complexity index is 999. The molecule has 0 saturated heterocycles. The molecule has 0 saturated carbocycles. The molecule has 0 atom stereocenters. The van der Waals surface area contributed by atoms with Crippen LogP contribution in [0.4, 0.5) is 4.39 Å². The van der Waals surface area contributed by atoms with Crippen molar-refractivity contribution < 1.29 is 23.5 Å². The van der Waals surface area contributed by atoms with E-state index >= 15 is 0 Å². The predicted molar refractivity (Wildman–Crippen MR) is 106 cm³/mol. The highest BCUT2D eigenvalue weighted by Crippen LogP contribution is 2.20. The summed E-state index contributed by atoms with van der Waals surface area (Å²) < 4.78 is 25.6. The lowest BCUT2D eigenvalue weighted by Crippen LogP contribution is -2.15. The number of carbonyl (C=O) groups excluding carboxylic acids is 2. The van der Waals surface area contributed by atoms with Crippen molar-refractivity contribution in [1.29, 1.82) is 5.26 Å². The van der Waals surface area contributed by atoms with Crippen molar-refractivity contribution in [3.8, 4) is 11.8 Å². The second-order valence-corrected chi connectivity index (χ2v) is 6.50. The number of hydrogen-bond acceptors (Lipinski definition) is 5. The number of aromatic nitrogens is 1. The highest BCUT2D eigenvalue weighted by atomic mass is 19.1. The molecular weight excluding hydrogens is 375 g/mol. The topological polar surface area (TPSA) is 81.3 Å². The molecule has 0 aliphatic rings. The number of benzene rings is 1. The third kappa shape index (κ3) is 5.11. The van der Waals surface area contributed by atoms with Gasteiger partial charge in [-0.2, -0.15) is 5.26 Å². The summed E-state index contributed by atoms with van der Waals surface area (Å²) in [5.74, 6) is -2.17. The van der Waals surface area contributed by atoms with Crippen molar-refractivity contribution in [2.75, 3.05) is 13.7 Å². The maximum Gasteiger partial charge on any atom is 0.349 e. The lowest BCUT2D eigenvalue weighted by molar-refractivity contribution is -0.137. The Hall–Kier alpha value is -3.40. The number of ether oxygens (including phenoxy) is 2. The van der Waals surface area contributed by atoms with Gasteiger partial charge in [0, 0.05) is 23.5 Å². The van der Waals surface area contributed by atoms with Gasteiger partial charge >= 0.3 is 5.97 Å². The van der Waals surface area contributed by atoms with E-state index in [2.05, 4.69) is 11.5 Å². The van der Waals surface area contributed by atoms with Crippen LogP contribution in [0.15, 0.2) is 29.8 Å². The molecule has 0 amide bonds. The summed E-state index contributed by atoms with van der Waals surface area (Å²) in [5, 5.41) is 9.33. The number of aryl methyl sites for hydroxylation is 1. The van der Waals surface area contributed by atoms with E-state index in [1.165, 1.54) is 25.3 Å². The molecule has 1 aromatic carbocycles. The SMILES string of the molecule is CCCn1c(C)cc(/C=C(\C#N)C(=O)OCC(=O)c2ccc(OC)c(F)c2)c1C. The fourth-order valence-corrected chi connectivity index (χ4v) is 2.97. The number of nitriles is 1. The highest BCUT2D eigenvalue weighted by molar-refractivity contribution is 6.02. The summed E-state index contributed by atoms with van der Waals surface area (Å²) >= 11 is 0. The Balaban J connectivity index is 2.11. The fourth-order valence-electron chi connectivity index (χ4n) is 2.97. The normalized spacial score (nSPS) is 11.1. The Morgan fingerprint density at radius 1 is 1.28 bits per heavy atom. The summed E-state index contributed by atoms with van der Waals surface area (Å²) in [7, 11) is 1.32. The molecule has 0 bridgehead atoms. The number of rotatable bonds is 8. The summed E-state index contributed by atoms with van der Waals surface area (Å²) in [6, 6.07) is 7.41. The maximum atomic E-state index is 13.7. The van der Waals surface area contributed by atoms with Crippen LogP contribution >= 0.6 is 0 Å². The molecule has 2 rings (SSSR count). The van der Waals surface area contributed by atoms with Gasteiger partial charge in [-0.3, -0.25) is 4.79 Å². The summed E-state index contributed by atoms with van der Waals surface area (Å²) in [5.41, 5.74) is 2.54. The molecule has 0 spiro atoms. The Morgan fingerprint density at radius 3 is 2.59 bits per heavy atom. The zero-order valence-electron chi connectivity index (χ0n) is 16.9. The second kappa shape index (κ2) is 9.69. The number of halogens is 1. The quantitative estimate of drug-likeness (QED) is 0.291. The van der Waals surface area contributed by atoms with Crippen LogP contribution in [0.2, 0.25) is 0 Å². The van der Waals surface area contributed by atoms with Crippen molar-refractivity contribution in [3.63, 3.8) is 0 Å². The van der Waals surface area contributed by atoms with Gasteiger partial charge in [0.15, 0.2) is 24.0 Å². The monoisotopic (exact) mass is 398 g/mol. The van der Waals surface area contributed by atoms with Gasteiger partial charge < -0.3 is 14.0 Å². The molecule has 0 unspecified atom stereocenters. The van der Waals surface area contributed by atoms with E-state index in [-0.39, 0.29) is 16.9 Å². The van der Waals surface area contributed by atoms with Crippen LogP contribution in [0.3, 0.4) is 0 Å². The predicted octanol–water partition coefficient (Wildman–Crippen LogP) is 4.00. The number of esters is 1. The molecule has 29 heavy (non-hydrogen) atoms. The largest absolute Gasteiger partial charge is 0.494 e. The first-order valence-corrected chi connectivity index (χ1v) is 9.14. The van der Waals surface area contributed by atoms with E-state index in [0.717, 1.165) is 36.0 Å². The average molecular weight is 398 g/mol. The smallest absolute Gasteiger partial charge is 0.349 e. The molecule has 0 aliphatic heterocycles. The number of ketones is 1. The van der Waals surface area contributed by atoms with Crippen LogP contribution in [-0.2, 0) is 16.1 Å². The van der Waals surface area contributed by atoms with E-state index in [1.807, 2.05) is 26.0 Å². The van der Waals surface area contributed by atoms with E-state index in [0.29, 0.717) is 0 Å². The van der Waals surface area contributed by atoms with Crippen LogP contribution in [-0.4, -0.2) is 30.0 Å². The van der Waals surface area contributed by atoms with Crippen LogP contribution < -0.4 is 4.74 Å². The zero-order valence-corrected chi connectivity index (χ0v) is 16.9. The van der Waals surface area contributed by atoms with Gasteiger partial charge in [0.05, 0.1) is 7.11 Å². The second-order valence-electron chi connectivity index (χ2n) is 6.50. The minimum atomic E-state index is -0.907. The fraction of sp³-hybridized carbons (Fsp3) is 0.318. The van der Waals surface area contributed by atoms with Gasteiger partial charge in [-0.15, -0.1) is 0 Å². The minimum absolute atomic E-state index is 0.00826. The third-order valence-electron chi connectivity index (χ3n) is 4.51. The molecular formula is C22H23FN2O4. The number of carbonyl (C=O) groups is 2. The van der Waals surface area contributed by atoms with Gasteiger partial charge in [-0.1, -0.05) is 6.92 Å². The summed E-state index contributed by atoms with van der Waals surface area (Å²) in [6.07, 6.45) is 2.41. The van der Waals surface area contributed by atoms with Crippen molar-refractivity contribution in [1.82, 2.24) is 4.57 Å². The Morgan fingerprint density at radius 2 is 2.00 bits per heavy atom. The van der Waals surface area contributed by atoms with Crippen molar-refractivity contribution in [3.05, 3.63) is 58.2 Å². The lowest BCUT2D eigenvalue weighted by atomic mass is 10.1. The standard InChI is InChI=1S/C22H23FN2O4/c1-5-8-25-14(2)9-17(15(25)3)10-18(12-24)22(27)29-13-20(26)16-6-7-21(28-4)19(23)11-16/h6-7,9-11H,5,8,13H2,1-4H3/b18-10+. The molecule has 0 N–H and O–H groups in total. The molecule has 2 aromatic rings. The van der Waals surface area contributed by atoms with E-state index in [1.54, 1.807) is 0 Å².